The van der Waals surface area contributed by atoms with Gasteiger partial charge in [-0.15, -0.1) is 0 Å². The number of imidazole rings is 1. The zero-order chi connectivity index (χ0) is 10.1. The molecule has 3 heterocycles. The van der Waals surface area contributed by atoms with Gasteiger partial charge in [0.2, 0.25) is 5.78 Å². The normalized spacial score (nSPS) is 10.7. The Morgan fingerprint density at radius 3 is 2.53 bits per heavy atom. The highest BCUT2D eigenvalue weighted by atomic mass is 15.1. The van der Waals surface area contributed by atoms with E-state index in [9.17, 15) is 0 Å². The van der Waals surface area contributed by atoms with Crippen molar-refractivity contribution in [3.05, 3.63) is 49.2 Å². The molecule has 4 nitrogen and oxygen atoms in total. The molecule has 0 aromatic carbocycles. The van der Waals surface area contributed by atoms with E-state index in [0.717, 1.165) is 11.3 Å². The summed E-state index contributed by atoms with van der Waals surface area (Å²) in [5, 5.41) is 0. The lowest BCUT2D eigenvalue weighted by Crippen LogP contribution is -1.92. The first kappa shape index (κ1) is 8.11. The number of hydrogen-bond donors (Lipinski definition) is 0. The van der Waals surface area contributed by atoms with E-state index in [1.165, 1.54) is 0 Å². The van der Waals surface area contributed by atoms with Crippen LogP contribution < -0.4 is 0 Å². The lowest BCUT2D eigenvalue weighted by Gasteiger charge is -2.03. The van der Waals surface area contributed by atoms with Crippen LogP contribution in [0.4, 0.5) is 0 Å². The zero-order valence-corrected chi connectivity index (χ0v) is 7.91. The molecule has 0 unspecified atom stereocenters. The Balaban J connectivity index is 2.31. The minimum atomic E-state index is 0.712. The number of fused-ring (bicyclic) bond motifs is 1. The standard InChI is InChI=1S/C11H8N4/c1-4-12-5-2-9(1)10-3-6-13-11-14-7-8-15(10)11/h1-8H. The third kappa shape index (κ3) is 1.27. The first-order valence-electron chi connectivity index (χ1n) is 4.63. The second kappa shape index (κ2) is 3.16. The van der Waals surface area contributed by atoms with Crippen LogP contribution in [0.5, 0.6) is 0 Å². The molecule has 0 aliphatic heterocycles. The molecule has 0 saturated carbocycles. The maximum absolute atomic E-state index is 4.16. The van der Waals surface area contributed by atoms with Gasteiger partial charge in [-0.3, -0.25) is 9.38 Å². The summed E-state index contributed by atoms with van der Waals surface area (Å²) in [4.78, 5) is 12.3. The highest BCUT2D eigenvalue weighted by Gasteiger charge is 2.02. The molecule has 0 atom stereocenters. The molecule has 3 aromatic heterocycles. The minimum Gasteiger partial charge on any atom is -0.284 e. The predicted molar refractivity (Wildman–Crippen MR) is 56.2 cm³/mol. The van der Waals surface area contributed by atoms with Crippen LogP contribution in [0.2, 0.25) is 0 Å². The van der Waals surface area contributed by atoms with Crippen molar-refractivity contribution in [1.82, 2.24) is 19.4 Å². The molecule has 0 amide bonds. The van der Waals surface area contributed by atoms with Crippen LogP contribution in [0.25, 0.3) is 17.0 Å². The summed E-state index contributed by atoms with van der Waals surface area (Å²) in [6.07, 6.45) is 8.96. The Morgan fingerprint density at radius 2 is 1.67 bits per heavy atom. The Hall–Kier alpha value is -2.23. The Morgan fingerprint density at radius 1 is 0.867 bits per heavy atom. The van der Waals surface area contributed by atoms with Gasteiger partial charge in [0.15, 0.2) is 0 Å². The van der Waals surface area contributed by atoms with E-state index in [2.05, 4.69) is 15.0 Å². The molecule has 4 heteroatoms. The second-order valence-electron chi connectivity index (χ2n) is 3.16. The van der Waals surface area contributed by atoms with Crippen molar-refractivity contribution in [3.8, 4) is 11.3 Å². The summed E-state index contributed by atoms with van der Waals surface area (Å²) >= 11 is 0. The SMILES string of the molecule is c1cc(-c2ccnc3nccn23)ccn1. The number of nitrogens with zero attached hydrogens (tertiary/aromatic N) is 4. The van der Waals surface area contributed by atoms with Crippen molar-refractivity contribution < 1.29 is 0 Å². The van der Waals surface area contributed by atoms with Gasteiger partial charge < -0.3 is 0 Å². The van der Waals surface area contributed by atoms with Gasteiger partial charge in [0, 0.05) is 36.5 Å². The molecule has 0 aliphatic rings. The van der Waals surface area contributed by atoms with Crippen LogP contribution in [0.1, 0.15) is 0 Å². The Kier molecular flexibility index (Phi) is 1.71. The minimum absolute atomic E-state index is 0.712. The van der Waals surface area contributed by atoms with Gasteiger partial charge in [-0.25, -0.2) is 9.97 Å². The van der Waals surface area contributed by atoms with Gasteiger partial charge >= 0.3 is 0 Å². The molecule has 0 N–H and O–H groups in total. The number of aromatic nitrogens is 4. The summed E-state index contributed by atoms with van der Waals surface area (Å²) in [6.45, 7) is 0. The molecular weight excluding hydrogens is 188 g/mol. The highest BCUT2D eigenvalue weighted by Crippen LogP contribution is 2.17. The van der Waals surface area contributed by atoms with E-state index in [4.69, 9.17) is 0 Å². The summed E-state index contributed by atoms with van der Waals surface area (Å²) < 4.78 is 1.95. The summed E-state index contributed by atoms with van der Waals surface area (Å²) in [5.74, 6) is 0.712. The molecule has 0 spiro atoms. The van der Waals surface area contributed by atoms with E-state index in [-0.39, 0.29) is 0 Å². The van der Waals surface area contributed by atoms with E-state index in [1.54, 1.807) is 24.8 Å². The molecule has 0 radical (unpaired) electrons. The average Bonchev–Trinajstić information content (AvgIpc) is 2.78. The van der Waals surface area contributed by atoms with E-state index < -0.39 is 0 Å². The molecule has 3 aromatic rings. The quantitative estimate of drug-likeness (QED) is 0.596. The van der Waals surface area contributed by atoms with Crippen molar-refractivity contribution in [2.24, 2.45) is 0 Å². The molecule has 72 valence electrons. The first-order chi connectivity index (χ1) is 7.45. The largest absolute Gasteiger partial charge is 0.284 e. The molecular formula is C11H8N4. The third-order valence-corrected chi connectivity index (χ3v) is 2.28. The monoisotopic (exact) mass is 196 g/mol. The van der Waals surface area contributed by atoms with Crippen LogP contribution in [0.3, 0.4) is 0 Å². The van der Waals surface area contributed by atoms with Gasteiger partial charge in [-0.2, -0.15) is 0 Å². The van der Waals surface area contributed by atoms with E-state index in [0.29, 0.717) is 5.78 Å². The topological polar surface area (TPSA) is 43.1 Å². The molecule has 0 saturated heterocycles. The summed E-state index contributed by atoms with van der Waals surface area (Å²) in [7, 11) is 0. The molecule has 15 heavy (non-hydrogen) atoms. The zero-order valence-electron chi connectivity index (χ0n) is 7.91. The van der Waals surface area contributed by atoms with Crippen molar-refractivity contribution in [2.45, 2.75) is 0 Å². The maximum Gasteiger partial charge on any atom is 0.234 e. The first-order valence-corrected chi connectivity index (χ1v) is 4.63. The highest BCUT2D eigenvalue weighted by molar-refractivity contribution is 5.60. The predicted octanol–water partition coefficient (Wildman–Crippen LogP) is 1.79. The van der Waals surface area contributed by atoms with Gasteiger partial charge in [-0.05, 0) is 18.2 Å². The van der Waals surface area contributed by atoms with Crippen LogP contribution in [0.15, 0.2) is 49.2 Å². The van der Waals surface area contributed by atoms with Crippen LogP contribution >= 0.6 is 0 Å². The maximum atomic E-state index is 4.16. The van der Waals surface area contributed by atoms with Gasteiger partial charge in [0.1, 0.15) is 0 Å². The smallest absolute Gasteiger partial charge is 0.234 e. The third-order valence-electron chi connectivity index (χ3n) is 2.28. The van der Waals surface area contributed by atoms with E-state index in [1.807, 2.05) is 28.8 Å². The van der Waals surface area contributed by atoms with Crippen LogP contribution in [0, 0.1) is 0 Å². The van der Waals surface area contributed by atoms with Crippen molar-refractivity contribution >= 4 is 5.78 Å². The fraction of sp³-hybridized carbons (Fsp3) is 0. The second-order valence-corrected chi connectivity index (χ2v) is 3.16. The molecule has 3 rings (SSSR count). The Bertz CT molecular complexity index is 586. The molecule has 0 bridgehead atoms. The molecule has 0 aliphatic carbocycles. The average molecular weight is 196 g/mol. The van der Waals surface area contributed by atoms with Crippen molar-refractivity contribution in [1.29, 1.82) is 0 Å². The fourth-order valence-electron chi connectivity index (χ4n) is 1.59. The van der Waals surface area contributed by atoms with Gasteiger partial charge in [0.25, 0.3) is 0 Å². The van der Waals surface area contributed by atoms with Gasteiger partial charge in [0.05, 0.1) is 5.69 Å². The summed E-state index contributed by atoms with van der Waals surface area (Å²) in [6, 6.07) is 5.90. The lowest BCUT2D eigenvalue weighted by molar-refractivity contribution is 1.11. The van der Waals surface area contributed by atoms with Crippen LogP contribution in [-0.2, 0) is 0 Å². The Labute approximate surface area is 86.3 Å². The number of hydrogen-bond acceptors (Lipinski definition) is 3. The van der Waals surface area contributed by atoms with Crippen LogP contribution in [-0.4, -0.2) is 19.4 Å². The van der Waals surface area contributed by atoms with Gasteiger partial charge in [-0.1, -0.05) is 0 Å². The fourth-order valence-corrected chi connectivity index (χ4v) is 1.59. The lowest BCUT2D eigenvalue weighted by atomic mass is 10.2. The van der Waals surface area contributed by atoms with Crippen molar-refractivity contribution in [3.63, 3.8) is 0 Å². The number of pyridine rings is 1. The summed E-state index contributed by atoms with van der Waals surface area (Å²) in [5.41, 5.74) is 2.18. The molecule has 0 fully saturated rings. The van der Waals surface area contributed by atoms with E-state index >= 15 is 0 Å². The number of rotatable bonds is 1. The van der Waals surface area contributed by atoms with Crippen molar-refractivity contribution in [2.75, 3.05) is 0 Å².